The minimum absolute atomic E-state index is 0.600. The molecule has 32 heavy (non-hydrogen) atoms. The largest absolute Gasteiger partial charge is 0.477 e. The molecule has 0 radical (unpaired) electrons. The van der Waals surface area contributed by atoms with Crippen LogP contribution in [0.2, 0.25) is 0 Å². The number of rotatable bonds is 23. The molecule has 0 unspecified atom stereocenters. The number of aromatic carboxylic acids is 1. The summed E-state index contributed by atoms with van der Waals surface area (Å²) in [6.07, 6.45) is 28.8. The first-order chi connectivity index (χ1) is 15.7. The van der Waals surface area contributed by atoms with Gasteiger partial charge in [0.05, 0.1) is 0 Å². The third kappa shape index (κ3) is 14.3. The van der Waals surface area contributed by atoms with E-state index in [9.17, 15) is 9.90 Å². The van der Waals surface area contributed by atoms with Crippen LogP contribution in [0.25, 0.3) is 0 Å². The van der Waals surface area contributed by atoms with Gasteiger partial charge in [-0.05, 0) is 42.2 Å². The molecule has 0 aliphatic carbocycles. The second-order valence-electron chi connectivity index (χ2n) is 9.74. The summed E-state index contributed by atoms with van der Waals surface area (Å²) < 4.78 is 0. The van der Waals surface area contributed by atoms with E-state index in [1.807, 2.05) is 0 Å². The molecule has 0 bridgehead atoms. The van der Waals surface area contributed by atoms with Crippen molar-refractivity contribution < 1.29 is 9.90 Å². The summed E-state index contributed by atoms with van der Waals surface area (Å²) in [5.74, 6) is -0.730. The number of carboxylic acids is 1. The lowest BCUT2D eigenvalue weighted by molar-refractivity contribution is 0.0701. The van der Waals surface area contributed by atoms with Crippen LogP contribution in [0.3, 0.4) is 0 Å². The summed E-state index contributed by atoms with van der Waals surface area (Å²) in [5, 5.41) is 11.7. The molecule has 0 spiro atoms. The Morgan fingerprint density at radius 1 is 0.625 bits per heavy atom. The summed E-state index contributed by atoms with van der Waals surface area (Å²) in [5.41, 5.74) is 2.47. The number of thiophene rings is 1. The van der Waals surface area contributed by atoms with E-state index in [2.05, 4.69) is 19.2 Å². The van der Waals surface area contributed by atoms with E-state index in [1.54, 1.807) is 0 Å². The predicted octanol–water partition coefficient (Wildman–Crippen LogP) is 10.4. The maximum atomic E-state index is 11.7. The molecule has 0 saturated carbocycles. The fourth-order valence-electron chi connectivity index (χ4n) is 4.67. The lowest BCUT2D eigenvalue weighted by Gasteiger charge is -2.07. The monoisotopic (exact) mass is 464 g/mol. The number of hydrogen-bond donors (Lipinski definition) is 1. The van der Waals surface area contributed by atoms with Crippen molar-refractivity contribution in [1.29, 1.82) is 0 Å². The number of carboxylic acid groups (broad SMARTS) is 1. The third-order valence-corrected chi connectivity index (χ3v) is 7.81. The molecule has 0 aromatic carbocycles. The van der Waals surface area contributed by atoms with Crippen LogP contribution in [0.5, 0.6) is 0 Å². The standard InChI is InChI=1S/C29H52O2S/c1-3-5-7-9-11-13-15-17-19-21-23-26-25-32-28(29(30)31)27(26)24-22-20-18-16-14-12-10-8-6-4-2/h25H,3-24H2,1-2H3,(H,30,31). The number of aryl methyl sites for hydroxylation is 1. The van der Waals surface area contributed by atoms with Crippen molar-refractivity contribution >= 4 is 17.3 Å². The van der Waals surface area contributed by atoms with Crippen LogP contribution in [-0.2, 0) is 12.8 Å². The molecular formula is C29H52O2S. The molecule has 1 aromatic rings. The zero-order chi connectivity index (χ0) is 23.3. The summed E-state index contributed by atoms with van der Waals surface area (Å²) in [7, 11) is 0. The summed E-state index contributed by atoms with van der Waals surface area (Å²) >= 11 is 1.45. The predicted molar refractivity (Wildman–Crippen MR) is 142 cm³/mol. The van der Waals surface area contributed by atoms with E-state index in [0.29, 0.717) is 4.88 Å². The van der Waals surface area contributed by atoms with E-state index in [0.717, 1.165) is 24.8 Å². The van der Waals surface area contributed by atoms with Gasteiger partial charge in [-0.1, -0.05) is 129 Å². The number of hydrogen-bond acceptors (Lipinski definition) is 2. The van der Waals surface area contributed by atoms with Gasteiger partial charge >= 0.3 is 5.97 Å². The van der Waals surface area contributed by atoms with Crippen LogP contribution in [0.1, 0.15) is 163 Å². The van der Waals surface area contributed by atoms with Crippen LogP contribution in [-0.4, -0.2) is 11.1 Å². The molecule has 0 fully saturated rings. The second kappa shape index (κ2) is 20.8. The van der Waals surface area contributed by atoms with Gasteiger partial charge in [0.2, 0.25) is 0 Å². The Kier molecular flexibility index (Phi) is 18.9. The number of carbonyl (C=O) groups is 1. The van der Waals surface area contributed by atoms with Crippen molar-refractivity contribution in [1.82, 2.24) is 0 Å². The highest BCUT2D eigenvalue weighted by molar-refractivity contribution is 7.12. The van der Waals surface area contributed by atoms with Gasteiger partial charge in [-0.25, -0.2) is 4.79 Å². The average molecular weight is 465 g/mol. The minimum atomic E-state index is -0.730. The van der Waals surface area contributed by atoms with Crippen molar-refractivity contribution in [3.05, 3.63) is 21.4 Å². The van der Waals surface area contributed by atoms with Crippen molar-refractivity contribution in [2.75, 3.05) is 0 Å². The Balaban J connectivity index is 2.19. The molecule has 1 aromatic heterocycles. The maximum absolute atomic E-state index is 11.7. The zero-order valence-corrected chi connectivity index (χ0v) is 22.2. The number of unbranched alkanes of at least 4 members (excludes halogenated alkanes) is 18. The average Bonchev–Trinajstić information content (AvgIpc) is 3.19. The van der Waals surface area contributed by atoms with Gasteiger partial charge in [0, 0.05) is 0 Å². The fourth-order valence-corrected chi connectivity index (χ4v) is 5.67. The van der Waals surface area contributed by atoms with Crippen LogP contribution in [0.4, 0.5) is 0 Å². The second-order valence-corrected chi connectivity index (χ2v) is 10.6. The summed E-state index contributed by atoms with van der Waals surface area (Å²) in [6, 6.07) is 0. The third-order valence-electron chi connectivity index (χ3n) is 6.75. The van der Waals surface area contributed by atoms with Gasteiger partial charge in [-0.3, -0.25) is 0 Å². The Morgan fingerprint density at radius 3 is 1.41 bits per heavy atom. The van der Waals surface area contributed by atoms with Gasteiger partial charge in [0.15, 0.2) is 0 Å². The molecule has 3 heteroatoms. The van der Waals surface area contributed by atoms with Crippen LogP contribution >= 0.6 is 11.3 Å². The maximum Gasteiger partial charge on any atom is 0.346 e. The Bertz CT molecular complexity index is 564. The van der Waals surface area contributed by atoms with E-state index in [1.165, 1.54) is 139 Å². The highest BCUT2D eigenvalue weighted by Gasteiger charge is 2.16. The molecule has 0 atom stereocenters. The molecule has 1 rings (SSSR count). The van der Waals surface area contributed by atoms with E-state index in [-0.39, 0.29) is 0 Å². The van der Waals surface area contributed by atoms with Crippen molar-refractivity contribution in [2.45, 2.75) is 155 Å². The lowest BCUT2D eigenvalue weighted by atomic mass is 9.98. The van der Waals surface area contributed by atoms with Crippen molar-refractivity contribution in [3.8, 4) is 0 Å². The van der Waals surface area contributed by atoms with Gasteiger partial charge in [0.1, 0.15) is 4.88 Å². The smallest absolute Gasteiger partial charge is 0.346 e. The fraction of sp³-hybridized carbons (Fsp3) is 0.828. The van der Waals surface area contributed by atoms with Gasteiger partial charge < -0.3 is 5.11 Å². The van der Waals surface area contributed by atoms with Crippen LogP contribution in [0.15, 0.2) is 5.38 Å². The molecule has 186 valence electrons. The van der Waals surface area contributed by atoms with Gasteiger partial charge in [-0.2, -0.15) is 0 Å². The van der Waals surface area contributed by atoms with E-state index >= 15 is 0 Å². The quantitative estimate of drug-likeness (QED) is 0.163. The first-order valence-corrected chi connectivity index (χ1v) is 14.9. The summed E-state index contributed by atoms with van der Waals surface area (Å²) in [4.78, 5) is 12.3. The zero-order valence-electron chi connectivity index (χ0n) is 21.4. The molecule has 1 heterocycles. The molecule has 1 N–H and O–H groups in total. The van der Waals surface area contributed by atoms with Crippen LogP contribution in [0, 0.1) is 0 Å². The van der Waals surface area contributed by atoms with Gasteiger partial charge in [-0.15, -0.1) is 11.3 Å². The Morgan fingerprint density at radius 2 is 1.00 bits per heavy atom. The Labute approximate surface area is 203 Å². The van der Waals surface area contributed by atoms with E-state index in [4.69, 9.17) is 0 Å². The summed E-state index contributed by atoms with van der Waals surface area (Å²) in [6.45, 7) is 4.54. The first-order valence-electron chi connectivity index (χ1n) is 14.0. The highest BCUT2D eigenvalue weighted by Crippen LogP contribution is 2.27. The molecule has 2 nitrogen and oxygen atoms in total. The lowest BCUT2D eigenvalue weighted by Crippen LogP contribution is -2.01. The first kappa shape index (κ1) is 29.2. The molecule has 0 saturated heterocycles. The molecular weight excluding hydrogens is 412 g/mol. The minimum Gasteiger partial charge on any atom is -0.477 e. The topological polar surface area (TPSA) is 37.3 Å². The van der Waals surface area contributed by atoms with Gasteiger partial charge in [0.25, 0.3) is 0 Å². The van der Waals surface area contributed by atoms with Crippen molar-refractivity contribution in [2.24, 2.45) is 0 Å². The molecule has 0 aliphatic rings. The molecule has 0 aliphatic heterocycles. The van der Waals surface area contributed by atoms with Crippen molar-refractivity contribution in [3.63, 3.8) is 0 Å². The normalized spacial score (nSPS) is 11.3. The van der Waals surface area contributed by atoms with E-state index < -0.39 is 5.97 Å². The van der Waals surface area contributed by atoms with Crippen LogP contribution < -0.4 is 0 Å². The SMILES string of the molecule is CCCCCCCCCCCCc1csc(C(=O)O)c1CCCCCCCCCCCC. The Hall–Kier alpha value is -0.830. The molecule has 0 amide bonds. The highest BCUT2D eigenvalue weighted by atomic mass is 32.1.